The SMILES string of the molecule is CCCC(C)C(N)C1CCC(CC)C1. The van der Waals surface area contributed by atoms with Gasteiger partial charge >= 0.3 is 0 Å². The van der Waals surface area contributed by atoms with E-state index >= 15 is 0 Å². The van der Waals surface area contributed by atoms with Crippen molar-refractivity contribution in [3.8, 4) is 0 Å². The zero-order valence-corrected chi connectivity index (χ0v) is 10.1. The zero-order chi connectivity index (χ0) is 10.6. The summed E-state index contributed by atoms with van der Waals surface area (Å²) in [6.45, 7) is 6.90. The maximum Gasteiger partial charge on any atom is 0.00930 e. The zero-order valence-electron chi connectivity index (χ0n) is 10.1. The number of rotatable bonds is 5. The molecular formula is C13H27N. The summed E-state index contributed by atoms with van der Waals surface area (Å²) in [7, 11) is 0. The Kier molecular flexibility index (Phi) is 4.94. The fourth-order valence-corrected chi connectivity index (χ4v) is 2.95. The molecule has 1 heteroatoms. The van der Waals surface area contributed by atoms with Gasteiger partial charge in [-0.2, -0.15) is 0 Å². The van der Waals surface area contributed by atoms with Gasteiger partial charge in [0, 0.05) is 6.04 Å². The predicted molar refractivity (Wildman–Crippen MR) is 63.2 cm³/mol. The van der Waals surface area contributed by atoms with Crippen LogP contribution in [0, 0.1) is 17.8 Å². The molecule has 1 rings (SSSR count). The van der Waals surface area contributed by atoms with Crippen LogP contribution in [0.2, 0.25) is 0 Å². The quantitative estimate of drug-likeness (QED) is 0.716. The van der Waals surface area contributed by atoms with Crippen LogP contribution >= 0.6 is 0 Å². The van der Waals surface area contributed by atoms with Crippen molar-refractivity contribution in [2.75, 3.05) is 0 Å². The summed E-state index contributed by atoms with van der Waals surface area (Å²) in [5.41, 5.74) is 6.33. The maximum absolute atomic E-state index is 6.33. The minimum atomic E-state index is 0.464. The van der Waals surface area contributed by atoms with Crippen molar-refractivity contribution in [1.29, 1.82) is 0 Å². The van der Waals surface area contributed by atoms with E-state index in [1.54, 1.807) is 0 Å². The molecule has 1 aliphatic carbocycles. The molecule has 0 amide bonds. The van der Waals surface area contributed by atoms with Crippen molar-refractivity contribution in [2.24, 2.45) is 23.5 Å². The van der Waals surface area contributed by atoms with Crippen LogP contribution in [0.3, 0.4) is 0 Å². The molecule has 0 aromatic carbocycles. The second-order valence-corrected chi connectivity index (χ2v) is 5.19. The Morgan fingerprint density at radius 3 is 2.50 bits per heavy atom. The highest BCUT2D eigenvalue weighted by molar-refractivity contribution is 4.84. The summed E-state index contributed by atoms with van der Waals surface area (Å²) in [6.07, 6.45) is 8.13. The molecule has 4 atom stereocenters. The van der Waals surface area contributed by atoms with Crippen LogP contribution in [0.25, 0.3) is 0 Å². The fraction of sp³-hybridized carbons (Fsp3) is 1.00. The minimum absolute atomic E-state index is 0.464. The highest BCUT2D eigenvalue weighted by atomic mass is 14.7. The molecule has 14 heavy (non-hydrogen) atoms. The molecule has 0 spiro atoms. The van der Waals surface area contributed by atoms with Gasteiger partial charge in [0.15, 0.2) is 0 Å². The van der Waals surface area contributed by atoms with Gasteiger partial charge in [-0.25, -0.2) is 0 Å². The van der Waals surface area contributed by atoms with E-state index in [2.05, 4.69) is 20.8 Å². The van der Waals surface area contributed by atoms with Crippen LogP contribution in [-0.4, -0.2) is 6.04 Å². The van der Waals surface area contributed by atoms with Gasteiger partial charge in [-0.1, -0.05) is 40.0 Å². The third kappa shape index (κ3) is 2.98. The van der Waals surface area contributed by atoms with E-state index in [1.165, 1.54) is 38.5 Å². The monoisotopic (exact) mass is 197 g/mol. The summed E-state index contributed by atoms with van der Waals surface area (Å²) < 4.78 is 0. The fourth-order valence-electron chi connectivity index (χ4n) is 2.95. The molecule has 1 saturated carbocycles. The lowest BCUT2D eigenvalue weighted by Crippen LogP contribution is -2.35. The molecule has 0 heterocycles. The largest absolute Gasteiger partial charge is 0.327 e. The lowest BCUT2D eigenvalue weighted by Gasteiger charge is -2.25. The van der Waals surface area contributed by atoms with Crippen LogP contribution in [0.1, 0.15) is 59.3 Å². The lowest BCUT2D eigenvalue weighted by atomic mass is 9.86. The molecule has 4 unspecified atom stereocenters. The smallest absolute Gasteiger partial charge is 0.00930 e. The van der Waals surface area contributed by atoms with Gasteiger partial charge in [0.1, 0.15) is 0 Å². The summed E-state index contributed by atoms with van der Waals surface area (Å²) in [6, 6.07) is 0.464. The average Bonchev–Trinajstić information content (AvgIpc) is 2.65. The Bertz CT molecular complexity index is 155. The Balaban J connectivity index is 2.34. The average molecular weight is 197 g/mol. The molecule has 0 aromatic rings. The van der Waals surface area contributed by atoms with E-state index in [9.17, 15) is 0 Å². The van der Waals surface area contributed by atoms with Crippen molar-refractivity contribution in [3.63, 3.8) is 0 Å². The van der Waals surface area contributed by atoms with Gasteiger partial charge in [0.25, 0.3) is 0 Å². The van der Waals surface area contributed by atoms with Gasteiger partial charge in [-0.15, -0.1) is 0 Å². The molecular weight excluding hydrogens is 170 g/mol. The Hall–Kier alpha value is -0.0400. The second-order valence-electron chi connectivity index (χ2n) is 5.19. The van der Waals surface area contributed by atoms with E-state index in [1.807, 2.05) is 0 Å². The van der Waals surface area contributed by atoms with Crippen molar-refractivity contribution in [2.45, 2.75) is 65.3 Å². The van der Waals surface area contributed by atoms with Crippen molar-refractivity contribution in [3.05, 3.63) is 0 Å². The number of hydrogen-bond donors (Lipinski definition) is 1. The van der Waals surface area contributed by atoms with Crippen LogP contribution in [0.15, 0.2) is 0 Å². The molecule has 2 N–H and O–H groups in total. The van der Waals surface area contributed by atoms with E-state index in [0.717, 1.165) is 17.8 Å². The van der Waals surface area contributed by atoms with Crippen LogP contribution in [0.4, 0.5) is 0 Å². The molecule has 1 fully saturated rings. The predicted octanol–water partition coefficient (Wildman–Crippen LogP) is 3.58. The van der Waals surface area contributed by atoms with Gasteiger partial charge < -0.3 is 5.73 Å². The van der Waals surface area contributed by atoms with Gasteiger partial charge in [0.05, 0.1) is 0 Å². The molecule has 84 valence electrons. The normalized spacial score (nSPS) is 31.7. The number of hydrogen-bond acceptors (Lipinski definition) is 1. The van der Waals surface area contributed by atoms with E-state index < -0.39 is 0 Å². The molecule has 0 radical (unpaired) electrons. The highest BCUT2D eigenvalue weighted by Crippen LogP contribution is 2.36. The van der Waals surface area contributed by atoms with Crippen LogP contribution in [-0.2, 0) is 0 Å². The molecule has 0 aromatic heterocycles. The summed E-state index contributed by atoms with van der Waals surface area (Å²) in [5, 5.41) is 0. The van der Waals surface area contributed by atoms with Crippen LogP contribution in [0.5, 0.6) is 0 Å². The maximum atomic E-state index is 6.33. The van der Waals surface area contributed by atoms with E-state index in [0.29, 0.717) is 6.04 Å². The Labute approximate surface area is 89.5 Å². The lowest BCUT2D eigenvalue weighted by molar-refractivity contribution is 0.305. The first kappa shape index (κ1) is 12.0. The third-order valence-corrected chi connectivity index (χ3v) is 4.10. The van der Waals surface area contributed by atoms with E-state index in [-0.39, 0.29) is 0 Å². The van der Waals surface area contributed by atoms with Gasteiger partial charge in [-0.05, 0) is 37.0 Å². The Morgan fingerprint density at radius 2 is 2.00 bits per heavy atom. The molecule has 0 saturated heterocycles. The molecule has 1 nitrogen and oxygen atoms in total. The number of nitrogens with two attached hydrogens (primary N) is 1. The summed E-state index contributed by atoms with van der Waals surface area (Å²) in [4.78, 5) is 0. The first-order chi connectivity index (χ1) is 6.69. The standard InChI is InChI=1S/C13H27N/c1-4-6-10(3)13(14)12-8-7-11(5-2)9-12/h10-13H,4-9,14H2,1-3H3. The topological polar surface area (TPSA) is 26.0 Å². The first-order valence-corrected chi connectivity index (χ1v) is 6.44. The van der Waals surface area contributed by atoms with Crippen molar-refractivity contribution in [1.82, 2.24) is 0 Å². The van der Waals surface area contributed by atoms with Crippen molar-refractivity contribution >= 4 is 0 Å². The molecule has 1 aliphatic rings. The summed E-state index contributed by atoms with van der Waals surface area (Å²) in [5.74, 6) is 2.52. The van der Waals surface area contributed by atoms with E-state index in [4.69, 9.17) is 5.73 Å². The van der Waals surface area contributed by atoms with Gasteiger partial charge in [-0.3, -0.25) is 0 Å². The highest BCUT2D eigenvalue weighted by Gasteiger charge is 2.30. The second kappa shape index (κ2) is 5.75. The first-order valence-electron chi connectivity index (χ1n) is 6.44. The van der Waals surface area contributed by atoms with Crippen molar-refractivity contribution < 1.29 is 0 Å². The molecule has 0 bridgehead atoms. The third-order valence-electron chi connectivity index (χ3n) is 4.10. The molecule has 0 aliphatic heterocycles. The summed E-state index contributed by atoms with van der Waals surface area (Å²) >= 11 is 0. The minimum Gasteiger partial charge on any atom is -0.327 e. The van der Waals surface area contributed by atoms with Crippen LogP contribution < -0.4 is 5.73 Å². The van der Waals surface area contributed by atoms with Gasteiger partial charge in [0.2, 0.25) is 0 Å². The Morgan fingerprint density at radius 1 is 1.29 bits per heavy atom.